The van der Waals surface area contributed by atoms with Gasteiger partial charge in [0.25, 0.3) is 0 Å². The smallest absolute Gasteiger partial charge is 0.228 e. The molecule has 0 unspecified atom stereocenters. The van der Waals surface area contributed by atoms with E-state index in [1.807, 2.05) is 0 Å². The third-order valence-corrected chi connectivity index (χ3v) is 4.29. The second kappa shape index (κ2) is 5.36. The summed E-state index contributed by atoms with van der Waals surface area (Å²) in [5, 5.41) is 6.59. The highest BCUT2D eigenvalue weighted by atomic mass is 79.9. The Balaban J connectivity index is 1.78. The van der Waals surface area contributed by atoms with E-state index in [9.17, 15) is 9.18 Å². The summed E-state index contributed by atoms with van der Waals surface area (Å²) < 4.78 is 14.8. The number of benzene rings is 1. The molecular formula is C14H13BrFN3O. The Morgan fingerprint density at radius 1 is 1.40 bits per heavy atom. The molecule has 0 saturated heterocycles. The lowest BCUT2D eigenvalue weighted by Crippen LogP contribution is -2.37. The van der Waals surface area contributed by atoms with Gasteiger partial charge in [0.1, 0.15) is 5.82 Å². The van der Waals surface area contributed by atoms with Crippen molar-refractivity contribution >= 4 is 21.8 Å². The van der Waals surface area contributed by atoms with E-state index >= 15 is 0 Å². The Kier molecular flexibility index (Phi) is 3.56. The Morgan fingerprint density at radius 2 is 2.25 bits per heavy atom. The number of hydrogen-bond acceptors (Lipinski definition) is 2. The molecule has 1 amide bonds. The molecule has 0 saturated carbocycles. The lowest BCUT2D eigenvalue weighted by molar-refractivity contribution is -0.131. The maximum absolute atomic E-state index is 13.9. The van der Waals surface area contributed by atoms with Crippen molar-refractivity contribution in [1.82, 2.24) is 15.1 Å². The first-order valence-corrected chi connectivity index (χ1v) is 7.16. The van der Waals surface area contributed by atoms with E-state index in [1.165, 1.54) is 6.07 Å². The number of rotatable bonds is 2. The summed E-state index contributed by atoms with van der Waals surface area (Å²) in [6.07, 6.45) is 2.55. The number of halogens is 2. The highest BCUT2D eigenvalue weighted by molar-refractivity contribution is 9.10. The predicted octanol–water partition coefficient (Wildman–Crippen LogP) is 2.44. The average molecular weight is 338 g/mol. The Morgan fingerprint density at radius 3 is 3.00 bits per heavy atom. The van der Waals surface area contributed by atoms with Crippen molar-refractivity contribution in [2.24, 2.45) is 0 Å². The standard InChI is InChI=1S/C14H13BrFN3O/c15-12-1-2-13(16)11-8-19(6-4-10(11)12)14(20)7-9-3-5-17-18-9/h1-3,5H,4,6-8H2,(H,17,18). The van der Waals surface area contributed by atoms with Crippen LogP contribution in [0.25, 0.3) is 0 Å². The van der Waals surface area contributed by atoms with Crippen LogP contribution < -0.4 is 0 Å². The number of fused-ring (bicyclic) bond motifs is 1. The molecule has 104 valence electrons. The van der Waals surface area contributed by atoms with Gasteiger partial charge in [-0.3, -0.25) is 9.89 Å². The second-order valence-corrected chi connectivity index (χ2v) is 5.66. The molecule has 1 aliphatic rings. The number of H-pyrrole nitrogens is 1. The zero-order valence-corrected chi connectivity index (χ0v) is 12.3. The van der Waals surface area contributed by atoms with Gasteiger partial charge in [0.15, 0.2) is 0 Å². The van der Waals surface area contributed by atoms with Gasteiger partial charge < -0.3 is 4.90 Å². The van der Waals surface area contributed by atoms with Gasteiger partial charge in [-0.05, 0) is 30.2 Å². The van der Waals surface area contributed by atoms with Crippen LogP contribution >= 0.6 is 15.9 Å². The maximum Gasteiger partial charge on any atom is 0.228 e. The fourth-order valence-electron chi connectivity index (χ4n) is 2.46. The molecule has 0 aliphatic carbocycles. The number of carbonyl (C=O) groups excluding carboxylic acids is 1. The van der Waals surface area contributed by atoms with E-state index in [-0.39, 0.29) is 18.1 Å². The summed E-state index contributed by atoms with van der Waals surface area (Å²) in [4.78, 5) is 13.9. The first-order valence-electron chi connectivity index (χ1n) is 6.37. The largest absolute Gasteiger partial charge is 0.338 e. The van der Waals surface area contributed by atoms with Crippen molar-refractivity contribution < 1.29 is 9.18 Å². The van der Waals surface area contributed by atoms with Crippen LogP contribution in [0.2, 0.25) is 0 Å². The molecule has 1 aromatic heterocycles. The average Bonchev–Trinajstić information content (AvgIpc) is 2.95. The molecule has 6 heteroatoms. The molecule has 1 N–H and O–H groups in total. The summed E-state index contributed by atoms with van der Waals surface area (Å²) in [5.74, 6) is -0.262. The summed E-state index contributed by atoms with van der Waals surface area (Å²) in [7, 11) is 0. The van der Waals surface area contributed by atoms with Gasteiger partial charge in [0, 0.05) is 35.0 Å². The van der Waals surface area contributed by atoms with E-state index in [0.29, 0.717) is 25.1 Å². The van der Waals surface area contributed by atoms with Crippen LogP contribution in [0.5, 0.6) is 0 Å². The van der Waals surface area contributed by atoms with Crippen LogP contribution in [0.3, 0.4) is 0 Å². The number of amides is 1. The predicted molar refractivity (Wildman–Crippen MR) is 75.5 cm³/mol. The number of carbonyl (C=O) groups is 1. The highest BCUT2D eigenvalue weighted by Crippen LogP contribution is 2.28. The lowest BCUT2D eigenvalue weighted by Gasteiger charge is -2.29. The number of aromatic amines is 1. The Labute approximate surface area is 124 Å². The summed E-state index contributed by atoms with van der Waals surface area (Å²) in [6.45, 7) is 0.940. The molecule has 2 heterocycles. The van der Waals surface area contributed by atoms with Gasteiger partial charge in [-0.2, -0.15) is 5.10 Å². The van der Waals surface area contributed by atoms with Gasteiger partial charge in [-0.15, -0.1) is 0 Å². The van der Waals surface area contributed by atoms with Gasteiger partial charge in [0.05, 0.1) is 6.42 Å². The SMILES string of the molecule is O=C(Cc1ccn[nH]1)N1CCc2c(Br)ccc(F)c2C1. The molecule has 0 fully saturated rings. The first kappa shape index (κ1) is 13.3. The third kappa shape index (κ3) is 2.47. The number of nitrogens with zero attached hydrogens (tertiary/aromatic N) is 2. The van der Waals surface area contributed by atoms with Gasteiger partial charge in [-0.25, -0.2) is 4.39 Å². The van der Waals surface area contributed by atoms with Crippen LogP contribution in [0.15, 0.2) is 28.9 Å². The number of nitrogens with one attached hydrogen (secondary N) is 1. The van der Waals surface area contributed by atoms with E-state index in [2.05, 4.69) is 26.1 Å². The fourth-order valence-corrected chi connectivity index (χ4v) is 3.03. The molecule has 1 aliphatic heterocycles. The zero-order chi connectivity index (χ0) is 14.1. The fraction of sp³-hybridized carbons (Fsp3) is 0.286. The topological polar surface area (TPSA) is 49.0 Å². The summed E-state index contributed by atoms with van der Waals surface area (Å²) in [6, 6.07) is 4.93. The molecule has 0 spiro atoms. The van der Waals surface area contributed by atoms with E-state index in [0.717, 1.165) is 15.7 Å². The van der Waals surface area contributed by atoms with E-state index in [1.54, 1.807) is 23.2 Å². The third-order valence-electron chi connectivity index (χ3n) is 3.55. The minimum Gasteiger partial charge on any atom is -0.338 e. The van der Waals surface area contributed by atoms with Crippen molar-refractivity contribution in [3.05, 3.63) is 51.5 Å². The minimum absolute atomic E-state index is 0.0146. The van der Waals surface area contributed by atoms with E-state index < -0.39 is 0 Å². The Hall–Kier alpha value is -1.69. The number of aromatic nitrogens is 2. The van der Waals surface area contributed by atoms with E-state index in [4.69, 9.17) is 0 Å². The second-order valence-electron chi connectivity index (χ2n) is 4.81. The summed E-state index contributed by atoms with van der Waals surface area (Å²) in [5.41, 5.74) is 2.36. The first-order chi connectivity index (χ1) is 9.65. The quantitative estimate of drug-likeness (QED) is 0.914. The van der Waals surface area contributed by atoms with Crippen LogP contribution in [0.4, 0.5) is 4.39 Å². The molecule has 1 aromatic carbocycles. The van der Waals surface area contributed by atoms with Gasteiger partial charge in [-0.1, -0.05) is 15.9 Å². The molecule has 0 bridgehead atoms. The van der Waals surface area contributed by atoms with Crippen LogP contribution in [0, 0.1) is 5.82 Å². The molecule has 20 heavy (non-hydrogen) atoms. The normalized spacial score (nSPS) is 14.2. The molecule has 3 rings (SSSR count). The van der Waals surface area contributed by atoms with Crippen molar-refractivity contribution in [3.8, 4) is 0 Å². The number of hydrogen-bond donors (Lipinski definition) is 1. The molecule has 2 aromatic rings. The molecule has 4 nitrogen and oxygen atoms in total. The minimum atomic E-state index is -0.248. The monoisotopic (exact) mass is 337 g/mol. The van der Waals surface area contributed by atoms with Crippen molar-refractivity contribution in [3.63, 3.8) is 0 Å². The van der Waals surface area contributed by atoms with Gasteiger partial charge in [0.2, 0.25) is 5.91 Å². The molecule has 0 radical (unpaired) electrons. The Bertz CT molecular complexity index is 642. The highest BCUT2D eigenvalue weighted by Gasteiger charge is 2.24. The van der Waals surface area contributed by atoms with Gasteiger partial charge >= 0.3 is 0 Å². The lowest BCUT2D eigenvalue weighted by atomic mass is 9.99. The van der Waals surface area contributed by atoms with Crippen LogP contribution in [-0.4, -0.2) is 27.5 Å². The molecule has 0 atom stereocenters. The van der Waals surface area contributed by atoms with Crippen LogP contribution in [0.1, 0.15) is 16.8 Å². The van der Waals surface area contributed by atoms with Crippen molar-refractivity contribution in [1.29, 1.82) is 0 Å². The van der Waals surface area contributed by atoms with Crippen molar-refractivity contribution in [2.45, 2.75) is 19.4 Å². The van der Waals surface area contributed by atoms with Crippen LogP contribution in [-0.2, 0) is 24.2 Å². The molecular weight excluding hydrogens is 325 g/mol. The zero-order valence-electron chi connectivity index (χ0n) is 10.7. The summed E-state index contributed by atoms with van der Waals surface area (Å²) >= 11 is 3.44. The maximum atomic E-state index is 13.9. The van der Waals surface area contributed by atoms with Crippen molar-refractivity contribution in [2.75, 3.05) is 6.54 Å².